The van der Waals surface area contributed by atoms with E-state index in [0.717, 1.165) is 13.9 Å². The molecule has 0 atom stereocenters. The predicted octanol–water partition coefficient (Wildman–Crippen LogP) is 4.75. The van der Waals surface area contributed by atoms with Crippen LogP contribution in [0.25, 0.3) is 0 Å². The molecular formula is C14H13Br2NO2S. The van der Waals surface area contributed by atoms with Gasteiger partial charge in [-0.15, -0.1) is 11.3 Å². The first kappa shape index (κ1) is 15.5. The van der Waals surface area contributed by atoms with Gasteiger partial charge in [-0.25, -0.2) is 0 Å². The van der Waals surface area contributed by atoms with E-state index < -0.39 is 5.97 Å². The van der Waals surface area contributed by atoms with Crippen LogP contribution in [0.2, 0.25) is 0 Å². The molecule has 0 bridgehead atoms. The largest absolute Gasteiger partial charge is 0.481 e. The fourth-order valence-electron chi connectivity index (χ4n) is 1.83. The van der Waals surface area contributed by atoms with Crippen molar-refractivity contribution >= 4 is 54.9 Å². The number of thiophene rings is 1. The van der Waals surface area contributed by atoms with Gasteiger partial charge < -0.3 is 10.0 Å². The maximum Gasteiger partial charge on any atom is 0.305 e. The summed E-state index contributed by atoms with van der Waals surface area (Å²) in [5.74, 6) is -0.778. The number of hydrogen-bond donors (Lipinski definition) is 1. The molecule has 0 amide bonds. The van der Waals surface area contributed by atoms with Crippen LogP contribution >= 0.6 is 43.2 Å². The Morgan fingerprint density at radius 2 is 1.95 bits per heavy atom. The van der Waals surface area contributed by atoms with E-state index in [9.17, 15) is 4.79 Å². The fourth-order valence-corrected chi connectivity index (χ4v) is 4.02. The van der Waals surface area contributed by atoms with E-state index in [4.69, 9.17) is 5.11 Å². The van der Waals surface area contributed by atoms with Crippen LogP contribution < -0.4 is 4.90 Å². The van der Waals surface area contributed by atoms with Gasteiger partial charge in [0.2, 0.25) is 0 Å². The number of nitrogens with zero attached hydrogens (tertiary/aromatic N) is 1. The molecule has 1 N–H and O–H groups in total. The van der Waals surface area contributed by atoms with Crippen molar-refractivity contribution in [2.24, 2.45) is 0 Å². The van der Waals surface area contributed by atoms with Gasteiger partial charge in [-0.2, -0.15) is 0 Å². The maximum absolute atomic E-state index is 10.8. The number of carbonyl (C=O) groups is 1. The Morgan fingerprint density at radius 3 is 2.50 bits per heavy atom. The second kappa shape index (κ2) is 7.24. The summed E-state index contributed by atoms with van der Waals surface area (Å²) in [4.78, 5) is 14.1. The molecule has 20 heavy (non-hydrogen) atoms. The van der Waals surface area contributed by atoms with Crippen molar-refractivity contribution in [3.8, 4) is 0 Å². The third kappa shape index (κ3) is 4.33. The third-order valence-electron chi connectivity index (χ3n) is 2.76. The lowest BCUT2D eigenvalue weighted by atomic mass is 10.2. The molecular weight excluding hydrogens is 406 g/mol. The van der Waals surface area contributed by atoms with Gasteiger partial charge in [-0.3, -0.25) is 4.79 Å². The van der Waals surface area contributed by atoms with Crippen LogP contribution in [0.5, 0.6) is 0 Å². The highest BCUT2D eigenvalue weighted by molar-refractivity contribution is 9.13. The van der Waals surface area contributed by atoms with Crippen molar-refractivity contribution in [2.45, 2.75) is 13.0 Å². The zero-order valence-corrected chi connectivity index (χ0v) is 14.5. The van der Waals surface area contributed by atoms with Gasteiger partial charge in [-0.05, 0) is 50.1 Å². The summed E-state index contributed by atoms with van der Waals surface area (Å²) in [5.41, 5.74) is 1.04. The standard InChI is InChI=1S/C14H13Br2NO2S/c15-12-8-11(20-14(12)16)9-17(7-6-13(18)19)10-4-2-1-3-5-10/h1-5,8H,6-7,9H2,(H,18,19). The number of carboxylic acids is 1. The molecule has 0 spiro atoms. The van der Waals surface area contributed by atoms with Gasteiger partial charge in [0, 0.05) is 21.6 Å². The number of rotatable bonds is 6. The number of benzene rings is 1. The Bertz CT molecular complexity index is 567. The Labute approximate surface area is 138 Å². The van der Waals surface area contributed by atoms with Crippen LogP contribution in [0.15, 0.2) is 44.7 Å². The quantitative estimate of drug-likeness (QED) is 0.735. The van der Waals surface area contributed by atoms with Crippen LogP contribution in [0.1, 0.15) is 11.3 Å². The summed E-state index contributed by atoms with van der Waals surface area (Å²) in [6, 6.07) is 11.9. The van der Waals surface area contributed by atoms with Gasteiger partial charge in [0.05, 0.1) is 16.8 Å². The van der Waals surface area contributed by atoms with E-state index in [1.54, 1.807) is 11.3 Å². The Hall–Kier alpha value is -0.850. The molecule has 3 nitrogen and oxygen atoms in total. The third-order valence-corrected chi connectivity index (χ3v) is 6.00. The molecule has 1 heterocycles. The molecule has 106 valence electrons. The van der Waals surface area contributed by atoms with Crippen LogP contribution in [-0.2, 0) is 11.3 Å². The smallest absolute Gasteiger partial charge is 0.305 e. The van der Waals surface area contributed by atoms with E-state index in [0.29, 0.717) is 13.1 Å². The lowest BCUT2D eigenvalue weighted by Crippen LogP contribution is -2.25. The normalized spacial score (nSPS) is 10.5. The minimum absolute atomic E-state index is 0.128. The summed E-state index contributed by atoms with van der Waals surface area (Å²) < 4.78 is 2.09. The molecule has 6 heteroatoms. The van der Waals surface area contributed by atoms with Gasteiger partial charge in [0.1, 0.15) is 0 Å². The first-order valence-electron chi connectivity index (χ1n) is 6.02. The highest BCUT2D eigenvalue weighted by Gasteiger charge is 2.12. The van der Waals surface area contributed by atoms with Crippen molar-refractivity contribution < 1.29 is 9.90 Å². The van der Waals surface area contributed by atoms with Crippen LogP contribution in [-0.4, -0.2) is 17.6 Å². The van der Waals surface area contributed by atoms with Gasteiger partial charge in [0.25, 0.3) is 0 Å². The molecule has 2 rings (SSSR count). The molecule has 0 saturated heterocycles. The molecule has 2 aromatic rings. The molecule has 0 radical (unpaired) electrons. The monoisotopic (exact) mass is 417 g/mol. The first-order chi connectivity index (χ1) is 9.56. The van der Waals surface area contributed by atoms with Crippen molar-refractivity contribution in [2.75, 3.05) is 11.4 Å². The van der Waals surface area contributed by atoms with Crippen molar-refractivity contribution in [3.63, 3.8) is 0 Å². The molecule has 1 aromatic heterocycles. The first-order valence-corrected chi connectivity index (χ1v) is 8.42. The van der Waals surface area contributed by atoms with Crippen LogP contribution in [0, 0.1) is 0 Å². The summed E-state index contributed by atoms with van der Waals surface area (Å²) in [7, 11) is 0. The average Bonchev–Trinajstić information content (AvgIpc) is 2.74. The molecule has 0 aliphatic heterocycles. The van der Waals surface area contributed by atoms with E-state index in [2.05, 4.69) is 42.8 Å². The Morgan fingerprint density at radius 1 is 1.25 bits per heavy atom. The highest BCUT2D eigenvalue weighted by Crippen LogP contribution is 2.33. The summed E-state index contributed by atoms with van der Waals surface area (Å²) >= 11 is 8.61. The number of anilines is 1. The second-order valence-electron chi connectivity index (χ2n) is 4.24. The minimum Gasteiger partial charge on any atom is -0.481 e. The Kier molecular flexibility index (Phi) is 5.63. The zero-order valence-electron chi connectivity index (χ0n) is 10.6. The topological polar surface area (TPSA) is 40.5 Å². The molecule has 1 aromatic carbocycles. The fraction of sp³-hybridized carbons (Fsp3) is 0.214. The SMILES string of the molecule is O=C(O)CCN(Cc1cc(Br)c(Br)s1)c1ccccc1. The number of aliphatic carboxylic acids is 1. The molecule has 0 saturated carbocycles. The zero-order chi connectivity index (χ0) is 14.5. The molecule has 0 fully saturated rings. The number of carboxylic acid groups (broad SMARTS) is 1. The van der Waals surface area contributed by atoms with Crippen molar-refractivity contribution in [1.82, 2.24) is 0 Å². The van der Waals surface area contributed by atoms with Crippen molar-refractivity contribution in [3.05, 3.63) is 49.5 Å². The van der Waals surface area contributed by atoms with Gasteiger partial charge in [-0.1, -0.05) is 18.2 Å². The van der Waals surface area contributed by atoms with Gasteiger partial charge in [0.15, 0.2) is 0 Å². The predicted molar refractivity (Wildman–Crippen MR) is 89.5 cm³/mol. The molecule has 0 aliphatic carbocycles. The summed E-state index contributed by atoms with van der Waals surface area (Å²) in [6.07, 6.45) is 0.128. The van der Waals surface area contributed by atoms with E-state index >= 15 is 0 Å². The second-order valence-corrected chi connectivity index (χ2v) is 7.54. The number of para-hydroxylation sites is 1. The maximum atomic E-state index is 10.8. The number of halogens is 2. The van der Waals surface area contributed by atoms with Gasteiger partial charge >= 0.3 is 5.97 Å². The lowest BCUT2D eigenvalue weighted by Gasteiger charge is -2.23. The minimum atomic E-state index is -0.778. The van der Waals surface area contributed by atoms with Crippen LogP contribution in [0.4, 0.5) is 5.69 Å². The number of hydrogen-bond acceptors (Lipinski definition) is 3. The highest BCUT2D eigenvalue weighted by atomic mass is 79.9. The van der Waals surface area contributed by atoms with Crippen LogP contribution in [0.3, 0.4) is 0 Å². The van der Waals surface area contributed by atoms with E-state index in [1.807, 2.05) is 30.3 Å². The van der Waals surface area contributed by atoms with Crippen molar-refractivity contribution in [1.29, 1.82) is 0 Å². The average molecular weight is 419 g/mol. The van der Waals surface area contributed by atoms with E-state index in [-0.39, 0.29) is 6.42 Å². The Balaban J connectivity index is 2.16. The summed E-state index contributed by atoms with van der Waals surface area (Å²) in [5, 5.41) is 8.88. The lowest BCUT2D eigenvalue weighted by molar-refractivity contribution is -0.136. The van der Waals surface area contributed by atoms with E-state index in [1.165, 1.54) is 4.88 Å². The summed E-state index contributed by atoms with van der Waals surface area (Å²) in [6.45, 7) is 1.19. The molecule has 0 aliphatic rings. The molecule has 0 unspecified atom stereocenters.